The van der Waals surface area contributed by atoms with Crippen LogP contribution in [0.25, 0.3) is 0 Å². The third kappa shape index (κ3) is 3.33. The molecule has 0 heterocycles. The monoisotopic (exact) mass is 267 g/mol. The van der Waals surface area contributed by atoms with Crippen molar-refractivity contribution in [2.75, 3.05) is 13.7 Å². The van der Waals surface area contributed by atoms with Crippen molar-refractivity contribution in [2.24, 2.45) is 17.8 Å². The van der Waals surface area contributed by atoms with Crippen LogP contribution in [0.15, 0.2) is 0 Å². The maximum Gasteiger partial charge on any atom is 0.0837 e. The molecule has 112 valence electrons. The van der Waals surface area contributed by atoms with Gasteiger partial charge in [0.15, 0.2) is 0 Å². The molecule has 0 saturated heterocycles. The first-order valence-corrected chi connectivity index (χ1v) is 8.42. The van der Waals surface area contributed by atoms with E-state index in [2.05, 4.69) is 33.1 Å². The van der Waals surface area contributed by atoms with Crippen molar-refractivity contribution in [1.82, 2.24) is 5.32 Å². The highest BCUT2D eigenvalue weighted by Crippen LogP contribution is 2.44. The molecule has 0 spiro atoms. The van der Waals surface area contributed by atoms with Crippen LogP contribution in [-0.2, 0) is 4.74 Å². The zero-order valence-electron chi connectivity index (χ0n) is 13.4. The Balaban J connectivity index is 2.12. The van der Waals surface area contributed by atoms with E-state index in [4.69, 9.17) is 4.74 Å². The van der Waals surface area contributed by atoms with Crippen LogP contribution in [0.5, 0.6) is 0 Å². The van der Waals surface area contributed by atoms with Crippen LogP contribution in [0.4, 0.5) is 0 Å². The van der Waals surface area contributed by atoms with E-state index in [-0.39, 0.29) is 5.60 Å². The first-order chi connectivity index (χ1) is 9.11. The van der Waals surface area contributed by atoms with E-state index in [1.54, 1.807) is 0 Å². The smallest absolute Gasteiger partial charge is 0.0837 e. The summed E-state index contributed by atoms with van der Waals surface area (Å²) in [4.78, 5) is 0. The fraction of sp³-hybridized carbons (Fsp3) is 1.00. The Morgan fingerprint density at radius 2 is 1.68 bits per heavy atom. The molecule has 0 aromatic rings. The van der Waals surface area contributed by atoms with Crippen molar-refractivity contribution in [1.29, 1.82) is 0 Å². The second-order valence-corrected chi connectivity index (χ2v) is 7.15. The topological polar surface area (TPSA) is 21.3 Å². The molecule has 1 N–H and O–H groups in total. The van der Waals surface area contributed by atoms with E-state index in [0.29, 0.717) is 6.04 Å². The average Bonchev–Trinajstić information content (AvgIpc) is 2.78. The van der Waals surface area contributed by atoms with E-state index in [9.17, 15) is 0 Å². The molecule has 0 aromatic carbocycles. The van der Waals surface area contributed by atoms with E-state index < -0.39 is 0 Å². The summed E-state index contributed by atoms with van der Waals surface area (Å²) in [5.41, 5.74) is 0.130. The minimum absolute atomic E-state index is 0.130. The molecular formula is C17H33NO. The summed E-state index contributed by atoms with van der Waals surface area (Å²) in [5, 5.41) is 3.66. The number of hydrogen-bond acceptors (Lipinski definition) is 2. The first kappa shape index (κ1) is 15.3. The molecule has 2 heteroatoms. The molecule has 0 radical (unpaired) electrons. The summed E-state index contributed by atoms with van der Waals surface area (Å²) in [6.45, 7) is 7.86. The highest BCUT2D eigenvalue weighted by Gasteiger charge is 2.46. The molecule has 3 atom stereocenters. The molecule has 2 aliphatic carbocycles. The van der Waals surface area contributed by atoms with E-state index in [1.807, 2.05) is 0 Å². The molecule has 2 saturated carbocycles. The quantitative estimate of drug-likeness (QED) is 0.813. The van der Waals surface area contributed by atoms with Gasteiger partial charge in [-0.25, -0.2) is 0 Å². The Hall–Kier alpha value is -0.0800. The summed E-state index contributed by atoms with van der Waals surface area (Å²) >= 11 is 0. The molecule has 2 aliphatic rings. The Kier molecular flexibility index (Phi) is 5.30. The summed E-state index contributed by atoms with van der Waals surface area (Å²) in [6.07, 6.45) is 9.37. The van der Waals surface area contributed by atoms with Crippen LogP contribution in [0.3, 0.4) is 0 Å². The fourth-order valence-electron chi connectivity index (χ4n) is 5.02. The van der Waals surface area contributed by atoms with Crippen LogP contribution >= 0.6 is 0 Å². The van der Waals surface area contributed by atoms with Gasteiger partial charge in [0.1, 0.15) is 0 Å². The van der Waals surface area contributed by atoms with Crippen molar-refractivity contribution in [3.05, 3.63) is 0 Å². The van der Waals surface area contributed by atoms with Gasteiger partial charge in [-0.2, -0.15) is 0 Å². The number of rotatable bonds is 5. The van der Waals surface area contributed by atoms with Gasteiger partial charge in [0.05, 0.1) is 5.60 Å². The standard InChI is InChI=1S/C17H33NO/c1-5-19-17(8-6-7-9-17)16(18-4)15-11-13(2)10-14(3)12-15/h13-16,18H,5-12H2,1-4H3. The van der Waals surface area contributed by atoms with Crippen molar-refractivity contribution in [2.45, 2.75) is 77.4 Å². The van der Waals surface area contributed by atoms with Crippen LogP contribution in [0, 0.1) is 17.8 Å². The lowest BCUT2D eigenvalue weighted by atomic mass is 9.69. The van der Waals surface area contributed by atoms with Crippen LogP contribution < -0.4 is 5.32 Å². The van der Waals surface area contributed by atoms with Gasteiger partial charge in [0.2, 0.25) is 0 Å². The van der Waals surface area contributed by atoms with Crippen LogP contribution in [0.2, 0.25) is 0 Å². The second kappa shape index (κ2) is 6.58. The minimum Gasteiger partial charge on any atom is -0.374 e. The van der Waals surface area contributed by atoms with E-state index in [1.165, 1.54) is 44.9 Å². The molecule has 2 nitrogen and oxygen atoms in total. The van der Waals surface area contributed by atoms with Gasteiger partial charge >= 0.3 is 0 Å². The maximum atomic E-state index is 6.30. The first-order valence-electron chi connectivity index (χ1n) is 8.42. The molecule has 19 heavy (non-hydrogen) atoms. The molecule has 2 fully saturated rings. The number of likely N-dealkylation sites (N-methyl/N-ethyl adjacent to an activating group) is 1. The number of ether oxygens (including phenoxy) is 1. The van der Waals surface area contributed by atoms with Gasteiger partial charge in [-0.1, -0.05) is 26.7 Å². The van der Waals surface area contributed by atoms with E-state index in [0.717, 1.165) is 24.4 Å². The maximum absolute atomic E-state index is 6.30. The van der Waals surface area contributed by atoms with Crippen molar-refractivity contribution in [3.8, 4) is 0 Å². The third-order valence-electron chi connectivity index (χ3n) is 5.45. The SMILES string of the molecule is CCOC1(C(NC)C2CC(C)CC(C)C2)CCCC1. The van der Waals surface area contributed by atoms with Gasteiger partial charge in [-0.15, -0.1) is 0 Å². The Bertz CT molecular complexity index is 262. The Labute approximate surface area is 119 Å². The third-order valence-corrected chi connectivity index (χ3v) is 5.45. The van der Waals surface area contributed by atoms with Crippen molar-refractivity contribution in [3.63, 3.8) is 0 Å². The van der Waals surface area contributed by atoms with Gasteiger partial charge in [-0.3, -0.25) is 0 Å². The molecule has 0 amide bonds. The Morgan fingerprint density at radius 1 is 1.11 bits per heavy atom. The highest BCUT2D eigenvalue weighted by atomic mass is 16.5. The fourth-order valence-corrected chi connectivity index (χ4v) is 5.02. The predicted molar refractivity (Wildman–Crippen MR) is 81.3 cm³/mol. The normalized spacial score (nSPS) is 36.3. The predicted octanol–water partition coefficient (Wildman–Crippen LogP) is 4.00. The highest BCUT2D eigenvalue weighted by molar-refractivity contribution is 5.01. The van der Waals surface area contributed by atoms with E-state index >= 15 is 0 Å². The zero-order chi connectivity index (χ0) is 13.9. The van der Waals surface area contributed by atoms with Gasteiger partial charge < -0.3 is 10.1 Å². The number of nitrogens with one attached hydrogen (secondary N) is 1. The van der Waals surface area contributed by atoms with Crippen molar-refractivity contribution >= 4 is 0 Å². The summed E-state index contributed by atoms with van der Waals surface area (Å²) in [6, 6.07) is 0.556. The zero-order valence-corrected chi connectivity index (χ0v) is 13.4. The molecule has 0 bridgehead atoms. The van der Waals surface area contributed by atoms with Crippen LogP contribution in [0.1, 0.15) is 65.7 Å². The lowest BCUT2D eigenvalue weighted by molar-refractivity contribution is -0.0811. The van der Waals surface area contributed by atoms with Crippen molar-refractivity contribution < 1.29 is 4.74 Å². The second-order valence-electron chi connectivity index (χ2n) is 7.15. The summed E-state index contributed by atoms with van der Waals surface area (Å²) < 4.78 is 6.30. The summed E-state index contributed by atoms with van der Waals surface area (Å²) in [7, 11) is 2.15. The Morgan fingerprint density at radius 3 is 2.16 bits per heavy atom. The lowest BCUT2D eigenvalue weighted by Gasteiger charge is -2.45. The molecular weight excluding hydrogens is 234 g/mol. The average molecular weight is 267 g/mol. The largest absolute Gasteiger partial charge is 0.374 e. The summed E-state index contributed by atoms with van der Waals surface area (Å²) in [5.74, 6) is 2.56. The van der Waals surface area contributed by atoms with Gasteiger partial charge in [0.25, 0.3) is 0 Å². The minimum atomic E-state index is 0.130. The lowest BCUT2D eigenvalue weighted by Crippen LogP contribution is -2.55. The van der Waals surface area contributed by atoms with Crippen LogP contribution in [-0.4, -0.2) is 25.3 Å². The molecule has 3 unspecified atom stereocenters. The molecule has 0 aliphatic heterocycles. The van der Waals surface area contributed by atoms with Gasteiger partial charge in [0, 0.05) is 12.6 Å². The molecule has 2 rings (SSSR count). The van der Waals surface area contributed by atoms with Gasteiger partial charge in [-0.05, 0) is 63.8 Å². The number of hydrogen-bond donors (Lipinski definition) is 1. The molecule has 0 aromatic heterocycles.